The van der Waals surface area contributed by atoms with E-state index in [0.717, 1.165) is 29.5 Å². The van der Waals surface area contributed by atoms with Crippen molar-refractivity contribution in [3.63, 3.8) is 0 Å². The molecule has 260 valence electrons. The van der Waals surface area contributed by atoms with Gasteiger partial charge >= 0.3 is 12.1 Å². The lowest BCUT2D eigenvalue weighted by Crippen LogP contribution is -2.28. The van der Waals surface area contributed by atoms with Crippen LogP contribution in [0.2, 0.25) is 0 Å². The normalized spacial score (nSPS) is 12.3. The molecule has 0 unspecified atom stereocenters. The van der Waals surface area contributed by atoms with Gasteiger partial charge in [-0.15, -0.1) is 0 Å². The molecule has 0 aliphatic carbocycles. The molecule has 0 radical (unpaired) electrons. The number of hydrogen-bond acceptors (Lipinski definition) is 5. The first-order valence-electron chi connectivity index (χ1n) is 18.3. The summed E-state index contributed by atoms with van der Waals surface area (Å²) in [6.45, 7) is 20.9. The summed E-state index contributed by atoms with van der Waals surface area (Å²) in [6, 6.07) is 4.13. The highest BCUT2D eigenvalue weighted by Crippen LogP contribution is 2.41. The smallest absolute Gasteiger partial charge is 0.466 e. The Labute approximate surface area is 278 Å². The van der Waals surface area contributed by atoms with Crippen molar-refractivity contribution in [2.45, 2.75) is 201 Å². The van der Waals surface area contributed by atoms with Crippen LogP contribution in [0.1, 0.15) is 195 Å². The summed E-state index contributed by atoms with van der Waals surface area (Å²) in [7, 11) is 0. The molecule has 1 aromatic rings. The number of carbonyl (C=O) groups excluding carboxylic acids is 2. The third-order valence-electron chi connectivity index (χ3n) is 8.22. The van der Waals surface area contributed by atoms with Crippen LogP contribution in [0.5, 0.6) is 5.75 Å². The molecule has 0 saturated heterocycles. The number of ether oxygens (including phenoxy) is 3. The molecule has 0 atom stereocenters. The third-order valence-corrected chi connectivity index (χ3v) is 8.22. The first-order valence-corrected chi connectivity index (χ1v) is 18.3. The summed E-state index contributed by atoms with van der Waals surface area (Å²) in [6.07, 6.45) is 21.5. The van der Waals surface area contributed by atoms with Gasteiger partial charge < -0.3 is 14.2 Å². The van der Waals surface area contributed by atoms with E-state index >= 15 is 0 Å². The molecule has 1 aromatic carbocycles. The molecule has 45 heavy (non-hydrogen) atoms. The Morgan fingerprint density at radius 1 is 0.600 bits per heavy atom. The van der Waals surface area contributed by atoms with E-state index in [0.29, 0.717) is 25.2 Å². The number of aryl methyl sites for hydroxylation is 1. The van der Waals surface area contributed by atoms with Crippen LogP contribution < -0.4 is 4.74 Å². The average Bonchev–Trinajstić information content (AvgIpc) is 2.91. The van der Waals surface area contributed by atoms with Crippen LogP contribution in [0.15, 0.2) is 12.1 Å². The lowest BCUT2D eigenvalue weighted by molar-refractivity contribution is -0.143. The molecule has 0 spiro atoms. The number of carbonyl (C=O) groups is 2. The summed E-state index contributed by atoms with van der Waals surface area (Å²) in [5.41, 5.74) is 1.70. The third kappa shape index (κ3) is 19.3. The number of hydrogen-bond donors (Lipinski definition) is 0. The SMILES string of the molecule is CCCCCCCCCCCCCCCCCCOC(=O)CCc1cc(C(C)(C)C)c(OC(=O)OC(C)(C)C)c(C(C)(C)C)c1. The molecule has 0 saturated carbocycles. The summed E-state index contributed by atoms with van der Waals surface area (Å²) >= 11 is 0. The van der Waals surface area contributed by atoms with Crippen molar-refractivity contribution in [1.29, 1.82) is 0 Å². The summed E-state index contributed by atoms with van der Waals surface area (Å²) < 4.78 is 16.9. The van der Waals surface area contributed by atoms with Crippen molar-refractivity contribution in [2.24, 2.45) is 0 Å². The van der Waals surface area contributed by atoms with Gasteiger partial charge in [0.1, 0.15) is 11.4 Å². The molecular weight excluding hydrogens is 560 g/mol. The van der Waals surface area contributed by atoms with E-state index in [1.54, 1.807) is 0 Å². The minimum absolute atomic E-state index is 0.153. The minimum atomic E-state index is -0.705. The Bertz CT molecular complexity index is 939. The highest BCUT2D eigenvalue weighted by molar-refractivity contribution is 5.70. The van der Waals surface area contributed by atoms with Gasteiger partial charge in [0, 0.05) is 17.5 Å². The number of benzene rings is 1. The quantitative estimate of drug-likeness (QED) is 0.0768. The average molecular weight is 631 g/mol. The Balaban J connectivity index is 2.42. The maximum absolute atomic E-state index is 12.7. The zero-order valence-electron chi connectivity index (χ0n) is 31.1. The lowest BCUT2D eigenvalue weighted by atomic mass is 9.78. The number of esters is 1. The van der Waals surface area contributed by atoms with Crippen LogP contribution in [0, 0.1) is 0 Å². The van der Waals surface area contributed by atoms with Crippen molar-refractivity contribution in [3.8, 4) is 5.75 Å². The molecule has 0 N–H and O–H groups in total. The van der Waals surface area contributed by atoms with Gasteiger partial charge in [-0.25, -0.2) is 4.79 Å². The molecule has 0 bridgehead atoms. The van der Waals surface area contributed by atoms with E-state index in [1.165, 1.54) is 89.9 Å². The fourth-order valence-corrected chi connectivity index (χ4v) is 5.57. The highest BCUT2D eigenvalue weighted by atomic mass is 16.7. The molecule has 1 rings (SSSR count). The van der Waals surface area contributed by atoms with Crippen molar-refractivity contribution >= 4 is 12.1 Å². The fraction of sp³-hybridized carbons (Fsp3) is 0.800. The van der Waals surface area contributed by atoms with Crippen molar-refractivity contribution < 1.29 is 23.8 Å². The lowest BCUT2D eigenvalue weighted by Gasteiger charge is -2.30. The number of rotatable bonds is 21. The van der Waals surface area contributed by atoms with Crippen molar-refractivity contribution in [2.75, 3.05) is 6.61 Å². The first-order chi connectivity index (χ1) is 21.0. The molecule has 0 aromatic heterocycles. The second-order valence-corrected chi connectivity index (χ2v) is 16.1. The molecule has 0 fully saturated rings. The predicted molar refractivity (Wildman–Crippen MR) is 190 cm³/mol. The van der Waals surface area contributed by atoms with Gasteiger partial charge in [0.15, 0.2) is 0 Å². The highest BCUT2D eigenvalue weighted by Gasteiger charge is 2.30. The Morgan fingerprint density at radius 3 is 1.38 bits per heavy atom. The van der Waals surface area contributed by atoms with E-state index in [-0.39, 0.29) is 16.8 Å². The van der Waals surface area contributed by atoms with Crippen LogP contribution in [-0.4, -0.2) is 24.3 Å². The Hall–Kier alpha value is -2.04. The predicted octanol–water partition coefficient (Wildman–Crippen LogP) is 12.3. The molecule has 0 aliphatic heterocycles. The second kappa shape index (κ2) is 21.0. The maximum atomic E-state index is 12.7. The molecule has 0 aliphatic rings. The van der Waals surface area contributed by atoms with Crippen LogP contribution in [-0.2, 0) is 31.5 Å². The van der Waals surface area contributed by atoms with E-state index in [2.05, 4.69) is 60.6 Å². The first kappa shape index (κ1) is 41.0. The Kier molecular flexibility index (Phi) is 19.1. The van der Waals surface area contributed by atoms with E-state index in [1.807, 2.05) is 20.8 Å². The van der Waals surface area contributed by atoms with Crippen molar-refractivity contribution in [3.05, 3.63) is 28.8 Å². The summed E-state index contributed by atoms with van der Waals surface area (Å²) in [5, 5.41) is 0. The van der Waals surface area contributed by atoms with E-state index < -0.39 is 11.8 Å². The zero-order chi connectivity index (χ0) is 33.9. The minimum Gasteiger partial charge on any atom is -0.466 e. The summed E-state index contributed by atoms with van der Waals surface area (Å²) in [4.78, 5) is 25.3. The van der Waals surface area contributed by atoms with Gasteiger partial charge in [0.05, 0.1) is 6.61 Å². The van der Waals surface area contributed by atoms with Gasteiger partial charge in [-0.05, 0) is 50.0 Å². The Morgan fingerprint density at radius 2 is 1.00 bits per heavy atom. The van der Waals surface area contributed by atoms with Gasteiger partial charge in [0.25, 0.3) is 0 Å². The van der Waals surface area contributed by atoms with Gasteiger partial charge in [-0.3, -0.25) is 4.79 Å². The van der Waals surface area contributed by atoms with Gasteiger partial charge in [0.2, 0.25) is 0 Å². The van der Waals surface area contributed by atoms with Gasteiger partial charge in [-0.1, -0.05) is 157 Å². The topological polar surface area (TPSA) is 61.8 Å². The van der Waals surface area contributed by atoms with Crippen LogP contribution in [0.3, 0.4) is 0 Å². The molecule has 0 heterocycles. The summed E-state index contributed by atoms with van der Waals surface area (Å²) in [5.74, 6) is 0.402. The van der Waals surface area contributed by atoms with Crippen LogP contribution in [0.4, 0.5) is 4.79 Å². The van der Waals surface area contributed by atoms with Crippen LogP contribution >= 0.6 is 0 Å². The second-order valence-electron chi connectivity index (χ2n) is 16.1. The monoisotopic (exact) mass is 631 g/mol. The van der Waals surface area contributed by atoms with Crippen LogP contribution in [0.25, 0.3) is 0 Å². The molecule has 5 heteroatoms. The largest absolute Gasteiger partial charge is 0.514 e. The molecule has 0 amide bonds. The van der Waals surface area contributed by atoms with Gasteiger partial charge in [-0.2, -0.15) is 0 Å². The maximum Gasteiger partial charge on any atom is 0.514 e. The molecule has 5 nitrogen and oxygen atoms in total. The standard InChI is InChI=1S/C40H70O5/c1-11-12-13-14-15-16-17-18-19-20-21-22-23-24-25-26-29-43-35(41)28-27-32-30-33(38(2,3)4)36(34(31-32)39(5,6)7)44-37(42)45-40(8,9)10/h30-31H,11-29H2,1-10H3. The van der Waals surface area contributed by atoms with E-state index in [9.17, 15) is 9.59 Å². The fourth-order valence-electron chi connectivity index (χ4n) is 5.57. The molecular formula is C40H70O5. The van der Waals surface area contributed by atoms with Crippen molar-refractivity contribution in [1.82, 2.24) is 0 Å². The number of unbranched alkanes of at least 4 members (excludes halogenated alkanes) is 15. The van der Waals surface area contributed by atoms with E-state index in [4.69, 9.17) is 14.2 Å². The zero-order valence-corrected chi connectivity index (χ0v) is 31.1.